The zero-order valence-corrected chi connectivity index (χ0v) is 9.64. The molecule has 3 heteroatoms. The van der Waals surface area contributed by atoms with Crippen LogP contribution in [0, 0.1) is 11.8 Å². The number of carbonyl (C=O) groups excluding carboxylic acids is 1. The van der Waals surface area contributed by atoms with Crippen LogP contribution in [-0.2, 0) is 4.79 Å². The number of hydrogen-bond donors (Lipinski definition) is 1. The smallest absolute Gasteiger partial charge is 0.220 e. The Kier molecular flexibility index (Phi) is 2.86. The van der Waals surface area contributed by atoms with Gasteiger partial charge in [-0.3, -0.25) is 4.79 Å². The highest BCUT2D eigenvalue weighted by atomic mass is 16.5. The molecular formula is C13H17NO2. The van der Waals surface area contributed by atoms with Crippen molar-refractivity contribution in [3.8, 4) is 5.75 Å². The second-order valence-corrected chi connectivity index (χ2v) is 4.47. The minimum Gasteiger partial charge on any atom is -0.497 e. The number of amides is 1. The minimum absolute atomic E-state index is 0.0313. The third kappa shape index (κ3) is 2.03. The summed E-state index contributed by atoms with van der Waals surface area (Å²) >= 11 is 0. The number of primary amides is 1. The molecule has 0 aromatic heterocycles. The van der Waals surface area contributed by atoms with Crippen LogP contribution >= 0.6 is 0 Å². The molecular weight excluding hydrogens is 202 g/mol. The summed E-state index contributed by atoms with van der Waals surface area (Å²) < 4.78 is 5.18. The van der Waals surface area contributed by atoms with Crippen molar-refractivity contribution in [2.75, 3.05) is 7.11 Å². The molecule has 2 rings (SSSR count). The Morgan fingerprint density at radius 1 is 1.56 bits per heavy atom. The van der Waals surface area contributed by atoms with E-state index in [2.05, 4.69) is 6.07 Å². The molecule has 1 fully saturated rings. The van der Waals surface area contributed by atoms with Crippen LogP contribution in [0.1, 0.15) is 24.8 Å². The Labute approximate surface area is 95.6 Å². The van der Waals surface area contributed by atoms with E-state index in [4.69, 9.17) is 10.5 Å². The van der Waals surface area contributed by atoms with Crippen LogP contribution in [0.15, 0.2) is 24.3 Å². The number of benzene rings is 1. The van der Waals surface area contributed by atoms with Gasteiger partial charge in [-0.2, -0.15) is 0 Å². The van der Waals surface area contributed by atoms with Crippen molar-refractivity contribution in [3.05, 3.63) is 29.8 Å². The van der Waals surface area contributed by atoms with Gasteiger partial charge in [0.2, 0.25) is 5.91 Å². The number of methoxy groups -OCH3 is 1. The summed E-state index contributed by atoms with van der Waals surface area (Å²) in [4.78, 5) is 11.1. The van der Waals surface area contributed by atoms with Crippen molar-refractivity contribution in [1.82, 2.24) is 0 Å². The number of carbonyl (C=O) groups is 1. The van der Waals surface area contributed by atoms with Crippen molar-refractivity contribution < 1.29 is 9.53 Å². The second-order valence-electron chi connectivity index (χ2n) is 4.47. The molecule has 1 aromatic rings. The largest absolute Gasteiger partial charge is 0.497 e. The van der Waals surface area contributed by atoms with Crippen molar-refractivity contribution >= 4 is 5.91 Å². The van der Waals surface area contributed by atoms with E-state index < -0.39 is 0 Å². The molecule has 0 saturated heterocycles. The molecule has 1 aliphatic rings. The van der Waals surface area contributed by atoms with Gasteiger partial charge in [-0.05, 0) is 36.0 Å². The Bertz CT molecular complexity index is 403. The summed E-state index contributed by atoms with van der Waals surface area (Å²) in [6.07, 6.45) is 1.05. The highest BCUT2D eigenvalue weighted by molar-refractivity contribution is 5.77. The molecule has 1 aliphatic carbocycles. The van der Waals surface area contributed by atoms with Crippen LogP contribution in [0.25, 0.3) is 0 Å². The van der Waals surface area contributed by atoms with Crippen molar-refractivity contribution in [2.45, 2.75) is 19.3 Å². The molecule has 16 heavy (non-hydrogen) atoms. The SMILES string of the molecule is COc1cccc(C2CC2C(C)C(N)=O)c1. The van der Waals surface area contributed by atoms with Crippen LogP contribution in [-0.4, -0.2) is 13.0 Å². The van der Waals surface area contributed by atoms with E-state index in [1.165, 1.54) is 5.56 Å². The maximum atomic E-state index is 11.1. The van der Waals surface area contributed by atoms with E-state index in [1.54, 1.807) is 7.11 Å². The molecule has 2 N–H and O–H groups in total. The third-order valence-electron chi connectivity index (χ3n) is 3.45. The summed E-state index contributed by atoms with van der Waals surface area (Å²) in [5.41, 5.74) is 6.56. The first-order valence-electron chi connectivity index (χ1n) is 5.56. The van der Waals surface area contributed by atoms with Crippen LogP contribution < -0.4 is 10.5 Å². The standard InChI is InChI=1S/C13H17NO2/c1-8(13(14)15)11-7-12(11)9-4-3-5-10(6-9)16-2/h3-6,8,11-12H,7H2,1-2H3,(H2,14,15). The van der Waals surface area contributed by atoms with E-state index in [0.717, 1.165) is 12.2 Å². The first-order valence-corrected chi connectivity index (χ1v) is 5.56. The van der Waals surface area contributed by atoms with E-state index in [-0.39, 0.29) is 11.8 Å². The Morgan fingerprint density at radius 3 is 2.94 bits per heavy atom. The molecule has 1 saturated carbocycles. The Morgan fingerprint density at radius 2 is 2.31 bits per heavy atom. The zero-order chi connectivity index (χ0) is 11.7. The van der Waals surface area contributed by atoms with Crippen molar-refractivity contribution in [3.63, 3.8) is 0 Å². The molecule has 86 valence electrons. The van der Waals surface area contributed by atoms with E-state index in [0.29, 0.717) is 11.8 Å². The molecule has 3 nitrogen and oxygen atoms in total. The fraction of sp³-hybridized carbons (Fsp3) is 0.462. The zero-order valence-electron chi connectivity index (χ0n) is 9.64. The summed E-state index contributed by atoms with van der Waals surface area (Å²) in [6, 6.07) is 8.04. The van der Waals surface area contributed by atoms with Gasteiger partial charge >= 0.3 is 0 Å². The van der Waals surface area contributed by atoms with Gasteiger partial charge in [0.05, 0.1) is 7.11 Å². The number of ether oxygens (including phenoxy) is 1. The fourth-order valence-electron chi connectivity index (χ4n) is 2.23. The summed E-state index contributed by atoms with van der Waals surface area (Å²) in [5.74, 6) is 1.52. The molecule has 0 heterocycles. The van der Waals surface area contributed by atoms with E-state index >= 15 is 0 Å². The van der Waals surface area contributed by atoms with Gasteiger partial charge in [0.15, 0.2) is 0 Å². The molecule has 1 aromatic carbocycles. The highest BCUT2D eigenvalue weighted by Gasteiger charge is 2.43. The van der Waals surface area contributed by atoms with Crippen LogP contribution in [0.3, 0.4) is 0 Å². The third-order valence-corrected chi connectivity index (χ3v) is 3.45. The Balaban J connectivity index is 2.08. The van der Waals surface area contributed by atoms with Crippen molar-refractivity contribution in [1.29, 1.82) is 0 Å². The van der Waals surface area contributed by atoms with Gasteiger partial charge in [0.25, 0.3) is 0 Å². The van der Waals surface area contributed by atoms with Gasteiger partial charge in [-0.15, -0.1) is 0 Å². The van der Waals surface area contributed by atoms with Crippen LogP contribution in [0.5, 0.6) is 5.75 Å². The van der Waals surface area contributed by atoms with E-state index in [1.807, 2.05) is 25.1 Å². The topological polar surface area (TPSA) is 52.3 Å². The van der Waals surface area contributed by atoms with Crippen LogP contribution in [0.2, 0.25) is 0 Å². The maximum absolute atomic E-state index is 11.1. The second kappa shape index (κ2) is 4.16. The van der Waals surface area contributed by atoms with Gasteiger partial charge in [0, 0.05) is 5.92 Å². The predicted molar refractivity (Wildman–Crippen MR) is 62.2 cm³/mol. The summed E-state index contributed by atoms with van der Waals surface area (Å²) in [6.45, 7) is 1.91. The molecule has 3 atom stereocenters. The first kappa shape index (κ1) is 11.0. The average Bonchev–Trinajstić information content (AvgIpc) is 3.08. The summed E-state index contributed by atoms with van der Waals surface area (Å²) in [7, 11) is 1.66. The monoisotopic (exact) mass is 219 g/mol. The highest BCUT2D eigenvalue weighted by Crippen LogP contribution is 2.52. The van der Waals surface area contributed by atoms with Gasteiger partial charge < -0.3 is 10.5 Å². The quantitative estimate of drug-likeness (QED) is 0.841. The maximum Gasteiger partial charge on any atom is 0.220 e. The fourth-order valence-corrected chi connectivity index (χ4v) is 2.23. The first-order chi connectivity index (χ1) is 7.63. The Hall–Kier alpha value is -1.51. The summed E-state index contributed by atoms with van der Waals surface area (Å²) in [5, 5.41) is 0. The lowest BCUT2D eigenvalue weighted by atomic mass is 10.0. The lowest BCUT2D eigenvalue weighted by Crippen LogP contribution is -2.22. The average molecular weight is 219 g/mol. The lowest BCUT2D eigenvalue weighted by Gasteiger charge is -2.07. The molecule has 0 radical (unpaired) electrons. The molecule has 1 amide bonds. The predicted octanol–water partition coefficient (Wildman–Crippen LogP) is 1.92. The van der Waals surface area contributed by atoms with Crippen molar-refractivity contribution in [2.24, 2.45) is 17.6 Å². The molecule has 0 bridgehead atoms. The van der Waals surface area contributed by atoms with E-state index in [9.17, 15) is 4.79 Å². The molecule has 0 spiro atoms. The van der Waals surface area contributed by atoms with Crippen LogP contribution in [0.4, 0.5) is 0 Å². The minimum atomic E-state index is -0.199. The number of hydrogen-bond acceptors (Lipinski definition) is 2. The van der Waals surface area contributed by atoms with Gasteiger partial charge in [0.1, 0.15) is 5.75 Å². The van der Waals surface area contributed by atoms with Gasteiger partial charge in [-0.1, -0.05) is 19.1 Å². The number of rotatable bonds is 4. The number of nitrogens with two attached hydrogens (primary N) is 1. The lowest BCUT2D eigenvalue weighted by molar-refractivity contribution is -0.121. The normalized spacial score (nSPS) is 24.9. The molecule has 3 unspecified atom stereocenters. The molecule has 0 aliphatic heterocycles. The van der Waals surface area contributed by atoms with Gasteiger partial charge in [-0.25, -0.2) is 0 Å².